The van der Waals surface area contributed by atoms with Crippen molar-refractivity contribution in [1.29, 1.82) is 0 Å². The maximum Gasteiger partial charge on any atom is 0.508 e. The normalized spacial score (nSPS) is 24.2. The lowest BCUT2D eigenvalue weighted by Gasteiger charge is -2.47. The lowest BCUT2D eigenvalue weighted by atomic mass is 9.79. The number of aliphatic hydroxyl groups excluding tert-OH is 1. The number of carbonyl (C=O) groups excluding carboxylic acids is 4. The monoisotopic (exact) mass is 658 g/mol. The molecule has 0 spiro atoms. The van der Waals surface area contributed by atoms with Crippen molar-refractivity contribution in [2.24, 2.45) is 11.8 Å². The molecule has 4 heterocycles. The van der Waals surface area contributed by atoms with E-state index >= 15 is 0 Å². The molecule has 0 aliphatic carbocycles. The van der Waals surface area contributed by atoms with Gasteiger partial charge in [0.05, 0.1) is 18.2 Å². The minimum absolute atomic E-state index is 0.0235. The van der Waals surface area contributed by atoms with E-state index < -0.39 is 36.3 Å². The van der Waals surface area contributed by atoms with E-state index in [9.17, 15) is 19.2 Å². The van der Waals surface area contributed by atoms with E-state index in [4.69, 9.17) is 24.1 Å². The number of amides is 2. The van der Waals surface area contributed by atoms with Crippen LogP contribution in [0.15, 0.2) is 61.0 Å². The zero-order chi connectivity index (χ0) is 33.4. The topological polar surface area (TPSA) is 150 Å². The molecule has 1 N–H and O–H groups in total. The molecule has 6 atom stereocenters. The van der Waals surface area contributed by atoms with E-state index in [1.54, 1.807) is 22.7 Å². The van der Waals surface area contributed by atoms with Gasteiger partial charge in [-0.05, 0) is 31.7 Å². The van der Waals surface area contributed by atoms with Crippen molar-refractivity contribution in [3.63, 3.8) is 0 Å². The molecule has 4 rings (SSSR count). The van der Waals surface area contributed by atoms with E-state index in [2.05, 4.69) is 24.8 Å². The number of esters is 1. The van der Waals surface area contributed by atoms with E-state index in [1.807, 2.05) is 13.1 Å². The standard InChI is InChI=1S/C32H42N4O9S/c1-6-12-42-30(39)27-28(20(4)26-25(29(38)36(26)27)21(5)45-32(41)44-14-8-3)46-24-16-23(35(19-24)31(40)43-13-7-2)15-22-17-33-34(18-22)10-9-11-37/h6-8,17-18,20-21,23-26,37H,1-3,9-16,19H2,4-5H3/t20-,21-,23-,24+,25-,26-/m1/s1. The van der Waals surface area contributed by atoms with Crippen LogP contribution in [0.3, 0.4) is 0 Å². The summed E-state index contributed by atoms with van der Waals surface area (Å²) in [5.74, 6) is -1.95. The van der Waals surface area contributed by atoms with Gasteiger partial charge in [-0.15, -0.1) is 11.8 Å². The van der Waals surface area contributed by atoms with Crippen LogP contribution >= 0.6 is 11.8 Å². The highest BCUT2D eigenvalue weighted by atomic mass is 32.2. The second-order valence-electron chi connectivity index (χ2n) is 11.3. The van der Waals surface area contributed by atoms with Gasteiger partial charge in [-0.25, -0.2) is 14.4 Å². The summed E-state index contributed by atoms with van der Waals surface area (Å²) in [6.07, 6.45) is 7.58. The average molecular weight is 659 g/mol. The zero-order valence-electron chi connectivity index (χ0n) is 26.2. The highest BCUT2D eigenvalue weighted by molar-refractivity contribution is 8.03. The Morgan fingerprint density at radius 2 is 1.83 bits per heavy atom. The lowest BCUT2D eigenvalue weighted by Crippen LogP contribution is -2.64. The van der Waals surface area contributed by atoms with Gasteiger partial charge < -0.3 is 33.9 Å². The maximum atomic E-state index is 13.5. The van der Waals surface area contributed by atoms with Crippen LogP contribution in [0.25, 0.3) is 0 Å². The van der Waals surface area contributed by atoms with Gasteiger partial charge >= 0.3 is 18.2 Å². The fourth-order valence-corrected chi connectivity index (χ4v) is 7.71. The Labute approximate surface area is 272 Å². The molecule has 3 aliphatic heterocycles. The summed E-state index contributed by atoms with van der Waals surface area (Å²) in [7, 11) is 0. The van der Waals surface area contributed by atoms with Crippen LogP contribution in [-0.4, -0.2) is 105 Å². The van der Waals surface area contributed by atoms with E-state index in [0.29, 0.717) is 37.3 Å². The number of thioether (sulfide) groups is 1. The molecule has 0 unspecified atom stereocenters. The van der Waals surface area contributed by atoms with Crippen LogP contribution in [0, 0.1) is 11.8 Å². The SMILES string of the molecule is C=CCOC(=O)O[C@H](C)[C@H]1C(=O)N2C(C(=O)OCC=C)=C(S[C@H]3C[C@@H](Cc4cnn(CCCO)c4)N(C(=O)OCC=C)C3)[C@H](C)[C@H]12. The fraction of sp³-hybridized carbons (Fsp3) is 0.531. The molecule has 1 aromatic rings. The summed E-state index contributed by atoms with van der Waals surface area (Å²) in [5, 5.41) is 13.4. The fourth-order valence-electron chi connectivity index (χ4n) is 6.15. The Bertz CT molecular complexity index is 1360. The first-order valence-corrected chi connectivity index (χ1v) is 16.2. The third-order valence-electron chi connectivity index (χ3n) is 8.15. The van der Waals surface area contributed by atoms with E-state index in [1.165, 1.54) is 34.9 Å². The average Bonchev–Trinajstić information content (AvgIpc) is 3.72. The first-order valence-electron chi connectivity index (χ1n) is 15.3. The number of rotatable bonds is 16. The Balaban J connectivity index is 1.55. The molecule has 14 heteroatoms. The van der Waals surface area contributed by atoms with Crippen LogP contribution in [0.1, 0.15) is 32.3 Å². The van der Waals surface area contributed by atoms with Crippen LogP contribution < -0.4 is 0 Å². The van der Waals surface area contributed by atoms with Crippen molar-refractivity contribution < 1.29 is 43.2 Å². The first-order chi connectivity index (χ1) is 22.1. The molecule has 0 aromatic carbocycles. The second kappa shape index (κ2) is 16.0. The van der Waals surface area contributed by atoms with Gasteiger partial charge in [-0.1, -0.05) is 44.9 Å². The molecular formula is C32H42N4O9S. The van der Waals surface area contributed by atoms with Crippen molar-refractivity contribution in [3.05, 3.63) is 66.5 Å². The lowest BCUT2D eigenvalue weighted by molar-refractivity contribution is -0.164. The van der Waals surface area contributed by atoms with Crippen LogP contribution in [0.2, 0.25) is 0 Å². The molecule has 46 heavy (non-hydrogen) atoms. The number of fused-ring (bicyclic) bond motifs is 1. The maximum absolute atomic E-state index is 13.5. The molecule has 0 bridgehead atoms. The molecule has 2 amide bonds. The summed E-state index contributed by atoms with van der Waals surface area (Å²) in [6.45, 7) is 15.3. The molecule has 3 aliphatic rings. The van der Waals surface area contributed by atoms with Gasteiger partial charge in [0, 0.05) is 48.0 Å². The number of β-lactam (4-membered cyclic amide) rings is 1. The Morgan fingerprint density at radius 3 is 2.52 bits per heavy atom. The second-order valence-corrected chi connectivity index (χ2v) is 12.7. The minimum Gasteiger partial charge on any atom is -0.457 e. The van der Waals surface area contributed by atoms with Gasteiger partial charge in [0.15, 0.2) is 0 Å². The number of aromatic nitrogens is 2. The predicted molar refractivity (Wildman–Crippen MR) is 169 cm³/mol. The Kier molecular flexibility index (Phi) is 12.1. The number of aryl methyl sites for hydroxylation is 1. The zero-order valence-corrected chi connectivity index (χ0v) is 27.1. The van der Waals surface area contributed by atoms with Crippen molar-refractivity contribution in [1.82, 2.24) is 19.6 Å². The summed E-state index contributed by atoms with van der Waals surface area (Å²) >= 11 is 1.45. The number of nitrogens with zero attached hydrogens (tertiary/aromatic N) is 4. The molecule has 0 radical (unpaired) electrons. The number of likely N-dealkylation sites (tertiary alicyclic amines) is 1. The molecule has 13 nitrogen and oxygen atoms in total. The van der Waals surface area contributed by atoms with Gasteiger partial charge in [-0.2, -0.15) is 5.10 Å². The summed E-state index contributed by atoms with van der Waals surface area (Å²) in [4.78, 5) is 55.8. The van der Waals surface area contributed by atoms with Gasteiger partial charge in [0.25, 0.3) is 0 Å². The number of aliphatic hydroxyl groups is 1. The van der Waals surface area contributed by atoms with Gasteiger partial charge in [-0.3, -0.25) is 9.48 Å². The van der Waals surface area contributed by atoms with Gasteiger partial charge in [0.2, 0.25) is 5.91 Å². The van der Waals surface area contributed by atoms with Crippen LogP contribution in [0.4, 0.5) is 9.59 Å². The number of ether oxygens (including phenoxy) is 4. The third-order valence-corrected chi connectivity index (χ3v) is 9.65. The summed E-state index contributed by atoms with van der Waals surface area (Å²) < 4.78 is 22.9. The molecule has 250 valence electrons. The molecule has 2 saturated heterocycles. The van der Waals surface area contributed by atoms with Crippen LogP contribution in [0.5, 0.6) is 0 Å². The highest BCUT2D eigenvalue weighted by Crippen LogP contribution is 2.53. The third kappa shape index (κ3) is 7.66. The highest BCUT2D eigenvalue weighted by Gasteiger charge is 2.61. The van der Waals surface area contributed by atoms with Crippen molar-refractivity contribution in [2.45, 2.75) is 63.1 Å². The number of hydrogen-bond acceptors (Lipinski definition) is 11. The van der Waals surface area contributed by atoms with Crippen molar-refractivity contribution >= 4 is 35.9 Å². The summed E-state index contributed by atoms with van der Waals surface area (Å²) in [6, 6.07) is -0.640. The first kappa shape index (κ1) is 34.8. The molecule has 0 saturated carbocycles. The molecular weight excluding hydrogens is 616 g/mol. The van der Waals surface area contributed by atoms with Gasteiger partial charge in [0.1, 0.15) is 31.6 Å². The Morgan fingerprint density at radius 1 is 1.13 bits per heavy atom. The molecule has 2 fully saturated rings. The van der Waals surface area contributed by atoms with E-state index in [-0.39, 0.29) is 55.2 Å². The predicted octanol–water partition coefficient (Wildman–Crippen LogP) is 3.45. The quantitative estimate of drug-likeness (QED) is 0.120. The van der Waals surface area contributed by atoms with Crippen molar-refractivity contribution in [2.75, 3.05) is 33.0 Å². The number of hydrogen-bond donors (Lipinski definition) is 1. The minimum atomic E-state index is -0.906. The van der Waals surface area contributed by atoms with E-state index in [0.717, 1.165) is 5.56 Å². The van der Waals surface area contributed by atoms with Crippen LogP contribution in [-0.2, 0) is 41.5 Å². The molecule has 1 aromatic heterocycles. The smallest absolute Gasteiger partial charge is 0.457 e. The largest absolute Gasteiger partial charge is 0.508 e. The number of carbonyl (C=O) groups is 4. The summed E-state index contributed by atoms with van der Waals surface area (Å²) in [5.41, 5.74) is 1.11. The van der Waals surface area contributed by atoms with Crippen molar-refractivity contribution in [3.8, 4) is 0 Å². The Hall–Kier alpha value is -4.04.